The number of hydrogen-bond donors (Lipinski definition) is 0. The Balaban J connectivity index is 0.864. The second kappa shape index (κ2) is 29.6. The number of fused-ring (bicyclic) bond motifs is 4. The van der Waals surface area contributed by atoms with Crippen molar-refractivity contribution in [3.63, 3.8) is 0 Å². The Kier molecular flexibility index (Phi) is 20.6. The van der Waals surface area contributed by atoms with Crippen LogP contribution in [0.3, 0.4) is 0 Å². The molecule has 11 rings (SSSR count). The van der Waals surface area contributed by atoms with Crippen LogP contribution < -0.4 is 31.7 Å². The van der Waals surface area contributed by atoms with Gasteiger partial charge in [-0.2, -0.15) is 0 Å². The van der Waals surface area contributed by atoms with Crippen molar-refractivity contribution in [3.05, 3.63) is 203 Å². The van der Waals surface area contributed by atoms with Gasteiger partial charge in [-0.1, -0.05) is 270 Å². The predicted molar refractivity (Wildman–Crippen MR) is 373 cm³/mol. The lowest BCUT2D eigenvalue weighted by molar-refractivity contribution is 0.295. The van der Waals surface area contributed by atoms with Gasteiger partial charge in [-0.25, -0.2) is 4.57 Å². The zero-order valence-electron chi connectivity index (χ0n) is 52.1. The molecule has 2 aromatic heterocycles. The van der Waals surface area contributed by atoms with E-state index >= 15 is 0 Å². The summed E-state index contributed by atoms with van der Waals surface area (Å²) in [6, 6.07) is 47.9. The van der Waals surface area contributed by atoms with Gasteiger partial charge in [-0.05, 0) is 121 Å². The molecule has 8 heteroatoms. The fourth-order valence-electron chi connectivity index (χ4n) is 13.2. The molecule has 0 saturated heterocycles. The minimum atomic E-state index is -0.515. The average molecular weight is 1170 g/mol. The summed E-state index contributed by atoms with van der Waals surface area (Å²) in [6.07, 6.45) is 33.9. The highest BCUT2D eigenvalue weighted by atomic mass is 16.5. The molecule has 88 heavy (non-hydrogen) atoms. The topological polar surface area (TPSA) is 96.6 Å². The highest BCUT2D eigenvalue weighted by molar-refractivity contribution is 6.34. The number of hydrogen-bond acceptors (Lipinski definition) is 6. The first-order chi connectivity index (χ1) is 43.3. The van der Waals surface area contributed by atoms with Crippen molar-refractivity contribution in [2.75, 3.05) is 13.2 Å². The third-order valence-electron chi connectivity index (χ3n) is 18.2. The quantitative estimate of drug-likeness (QED) is 0.0176. The zero-order chi connectivity index (χ0) is 60.8. The van der Waals surface area contributed by atoms with Gasteiger partial charge in [0.15, 0.2) is 0 Å². The van der Waals surface area contributed by atoms with Crippen LogP contribution in [0.2, 0.25) is 0 Å². The number of ether oxygens (including phenoxy) is 2. The number of rotatable bonds is 33. The molecule has 0 aliphatic heterocycles. The van der Waals surface area contributed by atoms with E-state index in [4.69, 9.17) is 9.47 Å². The molecule has 452 valence electrons. The first-order valence-electron chi connectivity index (χ1n) is 33.3. The molecular formula is C80H86N2O6. The molecule has 0 spiro atoms. The molecule has 8 nitrogen and oxygen atoms in total. The Morgan fingerprint density at radius 3 is 1.26 bits per heavy atom. The summed E-state index contributed by atoms with van der Waals surface area (Å²) < 4.78 is 15.9. The van der Waals surface area contributed by atoms with Crippen molar-refractivity contribution >= 4 is 88.9 Å². The van der Waals surface area contributed by atoms with Crippen molar-refractivity contribution in [2.24, 2.45) is 0 Å². The van der Waals surface area contributed by atoms with Crippen molar-refractivity contribution in [1.29, 1.82) is 0 Å². The summed E-state index contributed by atoms with van der Waals surface area (Å²) in [5, 5.41) is 10.9. The van der Waals surface area contributed by atoms with Crippen LogP contribution in [-0.4, -0.2) is 22.3 Å². The fraction of sp³-hybridized carbons (Fsp3) is 0.350. The average Bonchev–Trinajstić information content (AvgIpc) is 0.979. The largest absolute Gasteiger partial charge is 0.493 e. The maximum absolute atomic E-state index is 14.0. The van der Waals surface area contributed by atoms with Crippen LogP contribution in [0.4, 0.5) is 0 Å². The first kappa shape index (κ1) is 61.3. The normalized spacial score (nSPS) is 12.1. The van der Waals surface area contributed by atoms with E-state index in [0.29, 0.717) is 25.4 Å². The number of aromatic nitrogens is 2. The Bertz CT molecular complexity index is 4310. The second-order valence-corrected chi connectivity index (χ2v) is 24.5. The van der Waals surface area contributed by atoms with Gasteiger partial charge in [0.25, 0.3) is 22.2 Å². The Morgan fingerprint density at radius 1 is 0.352 bits per heavy atom. The van der Waals surface area contributed by atoms with Crippen molar-refractivity contribution < 1.29 is 9.47 Å². The minimum Gasteiger partial charge on any atom is -0.493 e. The fourth-order valence-corrected chi connectivity index (χ4v) is 13.2. The van der Waals surface area contributed by atoms with Crippen molar-refractivity contribution in [1.82, 2.24) is 9.13 Å². The lowest BCUT2D eigenvalue weighted by Gasteiger charge is -2.16. The second-order valence-electron chi connectivity index (χ2n) is 24.5. The molecule has 0 amide bonds. The van der Waals surface area contributed by atoms with E-state index < -0.39 is 22.2 Å². The van der Waals surface area contributed by atoms with Gasteiger partial charge in [0.1, 0.15) is 11.5 Å². The lowest BCUT2D eigenvalue weighted by atomic mass is 9.87. The van der Waals surface area contributed by atoms with E-state index in [-0.39, 0.29) is 21.5 Å². The number of benzene rings is 9. The highest BCUT2D eigenvalue weighted by Gasteiger charge is 2.21. The van der Waals surface area contributed by atoms with Crippen LogP contribution in [0.1, 0.15) is 184 Å². The van der Waals surface area contributed by atoms with Crippen LogP contribution in [-0.2, 0) is 6.54 Å². The maximum Gasteiger partial charge on any atom is 0.266 e. The van der Waals surface area contributed by atoms with Crippen LogP contribution in [0.5, 0.6) is 11.5 Å². The summed E-state index contributed by atoms with van der Waals surface area (Å²) in [6.45, 7) is 8.21. The van der Waals surface area contributed by atoms with Gasteiger partial charge in [-0.3, -0.25) is 23.7 Å². The van der Waals surface area contributed by atoms with Gasteiger partial charge in [0.05, 0.1) is 40.4 Å². The smallest absolute Gasteiger partial charge is 0.266 e. The van der Waals surface area contributed by atoms with Crippen LogP contribution in [0.25, 0.3) is 106 Å². The monoisotopic (exact) mass is 1170 g/mol. The maximum atomic E-state index is 14.0. The molecule has 0 aliphatic rings. The molecule has 2 heterocycles. The number of unbranched alkanes of at least 4 members (excludes halogenated alkanes) is 19. The van der Waals surface area contributed by atoms with Crippen molar-refractivity contribution in [3.8, 4) is 28.3 Å². The van der Waals surface area contributed by atoms with E-state index in [9.17, 15) is 19.2 Å². The van der Waals surface area contributed by atoms with Gasteiger partial charge in [0, 0.05) is 17.7 Å². The van der Waals surface area contributed by atoms with Gasteiger partial charge in [-0.15, -0.1) is 0 Å². The summed E-state index contributed by atoms with van der Waals surface area (Å²) in [5.41, 5.74) is 4.72. The molecule has 11 aromatic rings. The van der Waals surface area contributed by atoms with Crippen LogP contribution >= 0.6 is 0 Å². The zero-order valence-corrected chi connectivity index (χ0v) is 52.1. The summed E-state index contributed by atoms with van der Waals surface area (Å²) >= 11 is 0. The van der Waals surface area contributed by atoms with E-state index in [1.165, 1.54) is 154 Å². The molecule has 0 radical (unpaired) electrons. The van der Waals surface area contributed by atoms with Crippen LogP contribution in [0.15, 0.2) is 159 Å². The summed E-state index contributed by atoms with van der Waals surface area (Å²) in [5.74, 6) is 1.56. The molecule has 0 unspecified atom stereocenters. The number of nitrogens with zero attached hydrogens (tertiary/aromatic N) is 2. The SMILES string of the molecule is CCCCCCCCCCOc1cc(/C=C/c2ccc(-n3c(=O)c4cc5c(=O)n(CCCCCCCC)c(=O)c5cc4c3=O)cc2)c(OCCCCCCCCCC)cc1/C=C/c1ccc(-c2ccc3c4cccc5cccc(c6cccc2c63)c54)cc1. The molecule has 0 aliphatic carbocycles. The van der Waals surface area contributed by atoms with E-state index in [1.54, 1.807) is 12.1 Å². The van der Waals surface area contributed by atoms with Crippen molar-refractivity contribution in [2.45, 2.75) is 169 Å². The summed E-state index contributed by atoms with van der Waals surface area (Å²) in [4.78, 5) is 55.0. The van der Waals surface area contributed by atoms with Gasteiger partial charge in [0.2, 0.25) is 0 Å². The predicted octanol–water partition coefficient (Wildman–Crippen LogP) is 20.4. The standard InChI is InChI=1S/C80H86N2O6/c1-4-7-10-13-16-18-21-24-50-87-73-53-61(44-38-57-39-45-62(46-40-57)82-79(85)71-54-69-70(55-72(71)80(82)86)78(84)81(77(69)83)49-23-20-15-12-9-6-3)74(88-51-25-22-19-17-14-11-8-5-2)52-60(73)43-37-56-35-41-58(42-36-56)63-47-48-68-66-32-27-30-59-29-26-31-65(75(59)66)67-34-28-33-64(63)76(67)68/h26-48,52-55H,4-25,49-51H2,1-3H3/b43-37+,44-38+. The van der Waals surface area contributed by atoms with E-state index in [0.717, 1.165) is 96.1 Å². The molecule has 0 fully saturated rings. The third-order valence-corrected chi connectivity index (χ3v) is 18.2. The third kappa shape index (κ3) is 13.7. The van der Waals surface area contributed by atoms with Gasteiger partial charge < -0.3 is 9.47 Å². The molecule has 0 saturated carbocycles. The molecule has 9 aromatic carbocycles. The minimum absolute atomic E-state index is 0.136. The van der Waals surface area contributed by atoms with E-state index in [1.807, 2.05) is 18.2 Å². The lowest BCUT2D eigenvalue weighted by Crippen LogP contribution is -2.25. The van der Waals surface area contributed by atoms with E-state index in [2.05, 4.69) is 142 Å². The Labute approximate surface area is 518 Å². The first-order valence-corrected chi connectivity index (χ1v) is 33.3. The van der Waals surface area contributed by atoms with Gasteiger partial charge >= 0.3 is 0 Å². The Morgan fingerprint density at radius 2 is 0.761 bits per heavy atom. The molecule has 0 bridgehead atoms. The molecular weight excluding hydrogens is 1080 g/mol. The highest BCUT2D eigenvalue weighted by Crippen LogP contribution is 2.43. The molecule has 0 atom stereocenters. The molecule has 0 N–H and O–H groups in total. The van der Waals surface area contributed by atoms with Crippen LogP contribution in [0, 0.1) is 0 Å². The summed E-state index contributed by atoms with van der Waals surface area (Å²) in [7, 11) is 0. The Hall–Kier alpha value is -8.36.